The number of nitrogens with one attached hydrogen (secondary N) is 1. The second kappa shape index (κ2) is 5.57. The first kappa shape index (κ1) is 14.2. The molecule has 2 heterocycles. The number of benzene rings is 1. The number of fused-ring (bicyclic) bond motifs is 1. The highest BCUT2D eigenvalue weighted by Crippen LogP contribution is 2.31. The average molecular weight is 317 g/mol. The molecule has 0 aliphatic carbocycles. The number of nitro groups is 1. The number of non-ortho nitro benzene ring substituents is 1. The highest BCUT2D eigenvalue weighted by molar-refractivity contribution is 7.21. The van der Waals surface area contributed by atoms with Crippen LogP contribution in [0.1, 0.15) is 17.4 Å². The van der Waals surface area contributed by atoms with Gasteiger partial charge >= 0.3 is 5.97 Å². The van der Waals surface area contributed by atoms with Crippen LogP contribution in [0.4, 0.5) is 5.69 Å². The van der Waals surface area contributed by atoms with Crippen molar-refractivity contribution in [1.82, 2.24) is 9.97 Å². The lowest BCUT2D eigenvalue weighted by Gasteiger charge is -1.97. The molecule has 7 nitrogen and oxygen atoms in total. The number of hydrogen-bond donors (Lipinski definition) is 1. The number of aromatic nitrogens is 2. The molecule has 0 bridgehead atoms. The average Bonchev–Trinajstić information content (AvgIpc) is 3.06. The standard InChI is InChI=1S/C14H11N3O4S/c1-2-21-14(18)11-7-10-13(16-11)22-12(15-10)8-3-5-9(6-4-8)17(19)20/h3-7,16H,2H2,1H3. The van der Waals surface area contributed by atoms with Crippen LogP contribution < -0.4 is 0 Å². The third kappa shape index (κ3) is 2.56. The van der Waals surface area contributed by atoms with Crippen LogP contribution >= 0.6 is 11.3 Å². The van der Waals surface area contributed by atoms with E-state index in [0.717, 1.165) is 15.4 Å². The third-order valence-electron chi connectivity index (χ3n) is 3.00. The summed E-state index contributed by atoms with van der Waals surface area (Å²) >= 11 is 1.38. The van der Waals surface area contributed by atoms with Gasteiger partial charge in [0.05, 0.1) is 11.5 Å². The molecule has 0 spiro atoms. The molecule has 0 radical (unpaired) electrons. The largest absolute Gasteiger partial charge is 0.461 e. The molecule has 0 atom stereocenters. The van der Waals surface area contributed by atoms with E-state index in [1.807, 2.05) is 0 Å². The number of carbonyl (C=O) groups is 1. The van der Waals surface area contributed by atoms with Crippen molar-refractivity contribution in [2.75, 3.05) is 6.61 Å². The Morgan fingerprint density at radius 3 is 2.73 bits per heavy atom. The highest BCUT2D eigenvalue weighted by Gasteiger charge is 2.15. The van der Waals surface area contributed by atoms with Crippen LogP contribution in [0.2, 0.25) is 0 Å². The third-order valence-corrected chi connectivity index (χ3v) is 4.04. The number of esters is 1. The molecule has 8 heteroatoms. The molecule has 2 aromatic heterocycles. The van der Waals surface area contributed by atoms with Gasteiger partial charge in [0, 0.05) is 17.7 Å². The van der Waals surface area contributed by atoms with Crippen LogP contribution in [0.25, 0.3) is 20.9 Å². The number of hydrogen-bond acceptors (Lipinski definition) is 6. The number of aromatic amines is 1. The van der Waals surface area contributed by atoms with E-state index in [2.05, 4.69) is 9.97 Å². The quantitative estimate of drug-likeness (QED) is 0.452. The Morgan fingerprint density at radius 2 is 2.14 bits per heavy atom. The van der Waals surface area contributed by atoms with E-state index in [9.17, 15) is 14.9 Å². The molecule has 0 saturated carbocycles. The minimum Gasteiger partial charge on any atom is -0.461 e. The van der Waals surface area contributed by atoms with Crippen molar-refractivity contribution in [3.8, 4) is 10.6 Å². The zero-order valence-electron chi connectivity index (χ0n) is 11.5. The van der Waals surface area contributed by atoms with E-state index >= 15 is 0 Å². The Balaban J connectivity index is 1.90. The summed E-state index contributed by atoms with van der Waals surface area (Å²) in [7, 11) is 0. The molecule has 3 aromatic rings. The van der Waals surface area contributed by atoms with Crippen LogP contribution in [-0.4, -0.2) is 27.5 Å². The summed E-state index contributed by atoms with van der Waals surface area (Å²) in [6.45, 7) is 2.06. The number of H-pyrrole nitrogens is 1. The fraction of sp³-hybridized carbons (Fsp3) is 0.143. The number of nitrogens with zero attached hydrogens (tertiary/aromatic N) is 2. The maximum atomic E-state index is 11.6. The Kier molecular flexibility index (Phi) is 3.60. The minimum atomic E-state index is -0.443. The van der Waals surface area contributed by atoms with Gasteiger partial charge < -0.3 is 9.72 Å². The monoisotopic (exact) mass is 317 g/mol. The number of thiazole rings is 1. The van der Waals surface area contributed by atoms with Crippen LogP contribution in [-0.2, 0) is 4.74 Å². The van der Waals surface area contributed by atoms with Gasteiger partial charge in [-0.05, 0) is 25.1 Å². The molecule has 0 amide bonds. The van der Waals surface area contributed by atoms with Crippen molar-refractivity contribution in [3.05, 3.63) is 46.1 Å². The van der Waals surface area contributed by atoms with Gasteiger partial charge in [-0.3, -0.25) is 10.1 Å². The van der Waals surface area contributed by atoms with Gasteiger partial charge in [0.2, 0.25) is 0 Å². The van der Waals surface area contributed by atoms with Crippen LogP contribution in [0.5, 0.6) is 0 Å². The number of nitro benzene ring substituents is 1. The normalized spacial score (nSPS) is 10.8. The van der Waals surface area contributed by atoms with Crippen LogP contribution in [0.3, 0.4) is 0 Å². The Bertz CT molecular complexity index is 819. The van der Waals surface area contributed by atoms with Crippen molar-refractivity contribution in [1.29, 1.82) is 0 Å². The maximum Gasteiger partial charge on any atom is 0.354 e. The van der Waals surface area contributed by atoms with E-state index < -0.39 is 10.9 Å². The van der Waals surface area contributed by atoms with E-state index in [1.54, 1.807) is 25.1 Å². The molecule has 0 aliphatic heterocycles. The van der Waals surface area contributed by atoms with Crippen molar-refractivity contribution in [2.24, 2.45) is 0 Å². The second-order valence-corrected chi connectivity index (χ2v) is 5.44. The summed E-state index contributed by atoms with van der Waals surface area (Å²) in [5.74, 6) is -0.412. The van der Waals surface area contributed by atoms with Crippen molar-refractivity contribution >= 4 is 33.3 Å². The fourth-order valence-corrected chi connectivity index (χ4v) is 2.94. The van der Waals surface area contributed by atoms with Crippen molar-refractivity contribution in [2.45, 2.75) is 6.92 Å². The van der Waals surface area contributed by atoms with Crippen molar-refractivity contribution in [3.63, 3.8) is 0 Å². The summed E-state index contributed by atoms with van der Waals surface area (Å²) in [4.78, 5) is 30.0. The molecule has 112 valence electrons. The predicted octanol–water partition coefficient (Wildman–Crippen LogP) is 3.38. The lowest BCUT2D eigenvalue weighted by atomic mass is 10.2. The highest BCUT2D eigenvalue weighted by atomic mass is 32.1. The van der Waals surface area contributed by atoms with E-state index in [4.69, 9.17) is 4.74 Å². The molecule has 0 unspecified atom stereocenters. The van der Waals surface area contributed by atoms with Crippen LogP contribution in [0, 0.1) is 10.1 Å². The fourth-order valence-electron chi connectivity index (χ4n) is 1.98. The Morgan fingerprint density at radius 1 is 1.41 bits per heavy atom. The van der Waals surface area contributed by atoms with E-state index in [0.29, 0.717) is 17.8 Å². The first-order chi connectivity index (χ1) is 10.6. The lowest BCUT2D eigenvalue weighted by molar-refractivity contribution is -0.384. The lowest BCUT2D eigenvalue weighted by Crippen LogP contribution is -2.04. The first-order valence-corrected chi connectivity index (χ1v) is 7.31. The van der Waals surface area contributed by atoms with E-state index in [-0.39, 0.29) is 5.69 Å². The van der Waals surface area contributed by atoms with Gasteiger partial charge in [0.15, 0.2) is 0 Å². The Hall–Kier alpha value is -2.74. The van der Waals surface area contributed by atoms with Gasteiger partial charge in [-0.1, -0.05) is 11.3 Å². The summed E-state index contributed by atoms with van der Waals surface area (Å²) < 4.78 is 4.92. The summed E-state index contributed by atoms with van der Waals surface area (Å²) in [6, 6.07) is 7.83. The SMILES string of the molecule is CCOC(=O)c1cc2nc(-c3ccc([N+](=O)[O-])cc3)sc2[nH]1. The predicted molar refractivity (Wildman–Crippen MR) is 82.0 cm³/mol. The topological polar surface area (TPSA) is 98.1 Å². The summed E-state index contributed by atoms with van der Waals surface area (Å²) in [6.07, 6.45) is 0. The first-order valence-electron chi connectivity index (χ1n) is 6.50. The molecule has 3 rings (SSSR count). The molecule has 22 heavy (non-hydrogen) atoms. The van der Waals surface area contributed by atoms with Gasteiger partial charge in [0.25, 0.3) is 5.69 Å². The molecule has 1 aromatic carbocycles. The van der Waals surface area contributed by atoms with Gasteiger partial charge in [0.1, 0.15) is 21.0 Å². The van der Waals surface area contributed by atoms with Crippen molar-refractivity contribution < 1.29 is 14.5 Å². The second-order valence-electron chi connectivity index (χ2n) is 4.44. The molecule has 0 saturated heterocycles. The smallest absolute Gasteiger partial charge is 0.354 e. The molecule has 1 N–H and O–H groups in total. The van der Waals surface area contributed by atoms with Gasteiger partial charge in [-0.2, -0.15) is 0 Å². The van der Waals surface area contributed by atoms with Crippen LogP contribution in [0.15, 0.2) is 30.3 Å². The minimum absolute atomic E-state index is 0.0375. The molecule has 0 fully saturated rings. The zero-order valence-corrected chi connectivity index (χ0v) is 12.3. The maximum absolute atomic E-state index is 11.6. The number of ether oxygens (including phenoxy) is 1. The summed E-state index contributed by atoms with van der Waals surface area (Å²) in [5.41, 5.74) is 1.86. The Labute approximate surface area is 128 Å². The number of rotatable bonds is 4. The van der Waals surface area contributed by atoms with Gasteiger partial charge in [-0.25, -0.2) is 9.78 Å². The van der Waals surface area contributed by atoms with E-state index in [1.165, 1.54) is 23.5 Å². The summed E-state index contributed by atoms with van der Waals surface area (Å²) in [5, 5.41) is 11.4. The molecular weight excluding hydrogens is 306 g/mol. The molecule has 0 aliphatic rings. The molecular formula is C14H11N3O4S. The van der Waals surface area contributed by atoms with Gasteiger partial charge in [-0.15, -0.1) is 0 Å². The zero-order chi connectivity index (χ0) is 15.7. The number of carbonyl (C=O) groups excluding carboxylic acids is 1.